The van der Waals surface area contributed by atoms with Crippen LogP contribution in [0.25, 0.3) is 0 Å². The van der Waals surface area contributed by atoms with Crippen molar-refractivity contribution >= 4 is 35.6 Å². The monoisotopic (exact) mass is 423 g/mol. The molecule has 2 saturated heterocycles. The summed E-state index contributed by atoms with van der Waals surface area (Å²) in [4.78, 5) is 50.4. The second-order valence-electron chi connectivity index (χ2n) is 7.57. The number of hydrogen-bond donors (Lipinski definition) is 3. The third-order valence-electron chi connectivity index (χ3n) is 5.18. The number of carbonyl (C=O) groups excluding carboxylic acids is 3. The number of aliphatic carboxylic acids is 1. The highest BCUT2D eigenvalue weighted by Gasteiger charge is 2.64. The molecule has 1 aliphatic carbocycles. The van der Waals surface area contributed by atoms with Crippen LogP contribution in [0.3, 0.4) is 0 Å². The maximum absolute atomic E-state index is 13.0. The van der Waals surface area contributed by atoms with Gasteiger partial charge < -0.3 is 25.4 Å². The van der Waals surface area contributed by atoms with Crippen molar-refractivity contribution in [3.8, 4) is 0 Å². The molecule has 2 heterocycles. The predicted molar refractivity (Wildman–Crippen MR) is 106 cm³/mol. The summed E-state index contributed by atoms with van der Waals surface area (Å²) < 4.78 is 4.22. The van der Waals surface area contributed by atoms with Gasteiger partial charge in [-0.15, -0.1) is 11.8 Å². The Labute approximate surface area is 172 Å². The molecular formula is C19H25N3O6S. The molecule has 0 bridgehead atoms. The number of amides is 3. The van der Waals surface area contributed by atoms with E-state index in [1.165, 1.54) is 16.7 Å². The van der Waals surface area contributed by atoms with Crippen molar-refractivity contribution in [1.82, 2.24) is 15.5 Å². The molecule has 0 radical (unpaired) electrons. The van der Waals surface area contributed by atoms with Gasteiger partial charge in [0.25, 0.3) is 0 Å². The summed E-state index contributed by atoms with van der Waals surface area (Å²) in [5, 5.41) is 14.3. The molecule has 0 aromatic rings. The second kappa shape index (κ2) is 8.10. The summed E-state index contributed by atoms with van der Waals surface area (Å²) in [6, 6.07) is -2.74. The number of rotatable bonds is 6. The molecule has 2 fully saturated rings. The van der Waals surface area contributed by atoms with E-state index in [1.807, 2.05) is 18.2 Å². The number of carbonyl (C=O) groups is 4. The fourth-order valence-electron chi connectivity index (χ4n) is 3.85. The summed E-state index contributed by atoms with van der Waals surface area (Å²) in [7, 11) is 0. The number of β-lactam (4-membered cyclic amide) rings is 1. The van der Waals surface area contributed by atoms with Gasteiger partial charge in [-0.2, -0.15) is 0 Å². The molecule has 3 rings (SSSR count). The Balaban J connectivity index is 1.73. The Kier molecular flexibility index (Phi) is 5.92. The zero-order chi connectivity index (χ0) is 21.3. The lowest BCUT2D eigenvalue weighted by Gasteiger charge is -2.44. The van der Waals surface area contributed by atoms with Gasteiger partial charge in [0.15, 0.2) is 0 Å². The smallest absolute Gasteiger partial charge is 0.408 e. The first-order chi connectivity index (χ1) is 13.7. The van der Waals surface area contributed by atoms with Crippen LogP contribution in [-0.4, -0.2) is 68.7 Å². The third kappa shape index (κ3) is 3.98. The normalized spacial score (nSPS) is 28.0. The van der Waals surface area contributed by atoms with E-state index in [9.17, 15) is 24.3 Å². The van der Waals surface area contributed by atoms with Gasteiger partial charge in [0.05, 0.1) is 6.61 Å². The molecule has 4 atom stereocenters. The average Bonchev–Trinajstić information content (AvgIpc) is 2.93. The van der Waals surface area contributed by atoms with Crippen molar-refractivity contribution in [2.24, 2.45) is 0 Å². The van der Waals surface area contributed by atoms with Crippen molar-refractivity contribution in [1.29, 1.82) is 0 Å². The van der Waals surface area contributed by atoms with Crippen LogP contribution >= 0.6 is 11.8 Å². The minimum atomic E-state index is -1.07. The first-order valence-corrected chi connectivity index (χ1v) is 10.4. The lowest BCUT2D eigenvalue weighted by molar-refractivity contribution is -0.161. The lowest BCUT2D eigenvalue weighted by Crippen LogP contribution is -2.71. The van der Waals surface area contributed by atoms with Crippen LogP contribution in [0.1, 0.15) is 33.6 Å². The number of fused-ring (bicyclic) bond motifs is 1. The molecule has 29 heavy (non-hydrogen) atoms. The van der Waals surface area contributed by atoms with E-state index in [0.717, 1.165) is 0 Å². The van der Waals surface area contributed by atoms with Gasteiger partial charge >= 0.3 is 12.1 Å². The van der Waals surface area contributed by atoms with Crippen LogP contribution in [0.4, 0.5) is 4.79 Å². The van der Waals surface area contributed by atoms with E-state index in [1.54, 1.807) is 20.8 Å². The average molecular weight is 423 g/mol. The van der Waals surface area contributed by atoms with Gasteiger partial charge in [0.1, 0.15) is 23.5 Å². The SMILES string of the molecule is CCOC(=O)NC(C(=O)NC1C(=O)N2[C@@H]1SC(C)(C)[C@@H]2C(=O)O)C1=CCC=CC1. The van der Waals surface area contributed by atoms with E-state index in [0.29, 0.717) is 18.4 Å². The fourth-order valence-corrected chi connectivity index (χ4v) is 5.48. The van der Waals surface area contributed by atoms with Gasteiger partial charge in [0.2, 0.25) is 11.8 Å². The third-order valence-corrected chi connectivity index (χ3v) is 6.75. The zero-order valence-electron chi connectivity index (χ0n) is 16.5. The highest BCUT2D eigenvalue weighted by molar-refractivity contribution is 8.01. The van der Waals surface area contributed by atoms with Crippen LogP contribution < -0.4 is 10.6 Å². The number of allylic oxidation sites excluding steroid dienone is 3. The topological polar surface area (TPSA) is 125 Å². The summed E-state index contributed by atoms with van der Waals surface area (Å²) in [5.41, 5.74) is 0.712. The zero-order valence-corrected chi connectivity index (χ0v) is 17.3. The predicted octanol–water partition coefficient (Wildman–Crippen LogP) is 1.01. The Bertz CT molecular complexity index is 793. The number of hydrogen-bond acceptors (Lipinski definition) is 6. The summed E-state index contributed by atoms with van der Waals surface area (Å²) in [5.74, 6) is -2.01. The maximum atomic E-state index is 13.0. The number of alkyl carbamates (subject to hydrolysis) is 1. The Morgan fingerprint density at radius 2 is 2.10 bits per heavy atom. The van der Waals surface area contributed by atoms with E-state index in [2.05, 4.69) is 10.6 Å². The van der Waals surface area contributed by atoms with Crippen LogP contribution in [0.5, 0.6) is 0 Å². The molecule has 2 unspecified atom stereocenters. The molecular weight excluding hydrogens is 398 g/mol. The first-order valence-electron chi connectivity index (χ1n) is 9.47. The molecule has 0 aromatic heterocycles. The van der Waals surface area contributed by atoms with Gasteiger partial charge in [-0.05, 0) is 39.2 Å². The van der Waals surface area contributed by atoms with Crippen LogP contribution in [0, 0.1) is 0 Å². The Morgan fingerprint density at radius 3 is 2.69 bits per heavy atom. The van der Waals surface area contributed by atoms with E-state index >= 15 is 0 Å². The molecule has 0 aromatic carbocycles. The van der Waals surface area contributed by atoms with Gasteiger partial charge in [-0.3, -0.25) is 9.59 Å². The number of nitrogens with one attached hydrogen (secondary N) is 2. The molecule has 158 valence electrons. The minimum Gasteiger partial charge on any atom is -0.480 e. The van der Waals surface area contributed by atoms with Crippen molar-refractivity contribution in [2.45, 2.75) is 61.9 Å². The molecule has 2 aliphatic heterocycles. The van der Waals surface area contributed by atoms with E-state index < -0.39 is 52.1 Å². The highest BCUT2D eigenvalue weighted by atomic mass is 32.2. The molecule has 0 saturated carbocycles. The molecule has 0 spiro atoms. The molecule has 3 aliphatic rings. The second-order valence-corrected chi connectivity index (χ2v) is 9.34. The largest absolute Gasteiger partial charge is 0.480 e. The van der Waals surface area contributed by atoms with E-state index in [4.69, 9.17) is 4.74 Å². The van der Waals surface area contributed by atoms with Crippen LogP contribution in [0.15, 0.2) is 23.8 Å². The van der Waals surface area contributed by atoms with Gasteiger partial charge in [0, 0.05) is 4.75 Å². The number of carboxylic acids is 1. The summed E-state index contributed by atoms with van der Waals surface area (Å²) in [6.07, 6.45) is 6.16. The lowest BCUT2D eigenvalue weighted by atomic mass is 9.94. The molecule has 3 N–H and O–H groups in total. The maximum Gasteiger partial charge on any atom is 0.408 e. The Morgan fingerprint density at radius 1 is 1.38 bits per heavy atom. The molecule has 9 nitrogen and oxygen atoms in total. The first kappa shape index (κ1) is 21.2. The number of carboxylic acid groups (broad SMARTS) is 1. The van der Waals surface area contributed by atoms with E-state index in [-0.39, 0.29) is 6.61 Å². The standard InChI is InChI=1S/C19H25N3O6S/c1-4-28-18(27)21-11(10-8-6-5-7-9-10)14(23)20-12-15(24)22-13(17(25)26)19(2,3)29-16(12)22/h5-6,9,11-13,16H,4,7-8H2,1-3H3,(H,20,23)(H,21,27)(H,25,26)/t11?,12?,13-,16+/m0/s1. The number of nitrogens with zero attached hydrogens (tertiary/aromatic N) is 1. The fraction of sp³-hybridized carbons (Fsp3) is 0.579. The van der Waals surface area contributed by atoms with Gasteiger partial charge in [-0.1, -0.05) is 18.2 Å². The highest BCUT2D eigenvalue weighted by Crippen LogP contribution is 2.50. The summed E-state index contributed by atoms with van der Waals surface area (Å²) >= 11 is 1.35. The Hall–Kier alpha value is -2.49. The van der Waals surface area contributed by atoms with Crippen molar-refractivity contribution < 1.29 is 29.0 Å². The molecule has 10 heteroatoms. The number of ether oxygens (including phenoxy) is 1. The van der Waals surface area contributed by atoms with Gasteiger partial charge in [-0.25, -0.2) is 9.59 Å². The minimum absolute atomic E-state index is 0.166. The summed E-state index contributed by atoms with van der Waals surface area (Å²) in [6.45, 7) is 5.37. The van der Waals surface area contributed by atoms with Crippen LogP contribution in [0.2, 0.25) is 0 Å². The van der Waals surface area contributed by atoms with Crippen molar-refractivity contribution in [3.05, 3.63) is 23.8 Å². The molecule has 3 amide bonds. The van der Waals surface area contributed by atoms with Crippen molar-refractivity contribution in [3.63, 3.8) is 0 Å². The van der Waals surface area contributed by atoms with Crippen LogP contribution in [-0.2, 0) is 19.1 Å². The number of thioether (sulfide) groups is 1. The quantitative estimate of drug-likeness (QED) is 0.430. The van der Waals surface area contributed by atoms with Crippen molar-refractivity contribution in [2.75, 3.05) is 6.61 Å².